The van der Waals surface area contributed by atoms with Gasteiger partial charge in [-0.1, -0.05) is 48.6 Å². The summed E-state index contributed by atoms with van der Waals surface area (Å²) in [6.45, 7) is 3.42. The van der Waals surface area contributed by atoms with E-state index in [2.05, 4.69) is 18.2 Å². The highest BCUT2D eigenvalue weighted by Crippen LogP contribution is 2.39. The van der Waals surface area contributed by atoms with E-state index in [1.807, 2.05) is 37.3 Å². The number of benzene rings is 1. The van der Waals surface area contributed by atoms with Crippen LogP contribution in [0.3, 0.4) is 0 Å². The lowest BCUT2D eigenvalue weighted by molar-refractivity contribution is -0.148. The molecule has 21 heavy (non-hydrogen) atoms. The molecular weight excluding hydrogens is 264 g/mol. The number of ether oxygens (including phenoxy) is 2. The predicted molar refractivity (Wildman–Crippen MR) is 83.7 cm³/mol. The summed E-state index contributed by atoms with van der Waals surface area (Å²) in [7, 11) is 1.69. The highest BCUT2D eigenvalue weighted by atomic mass is 16.5. The van der Waals surface area contributed by atoms with Crippen molar-refractivity contribution in [1.29, 1.82) is 0 Å². The smallest absolute Gasteiger partial charge is 0.302 e. The molecule has 0 amide bonds. The molecule has 2 rings (SSSR count). The van der Waals surface area contributed by atoms with Crippen molar-refractivity contribution in [3.63, 3.8) is 0 Å². The summed E-state index contributed by atoms with van der Waals surface area (Å²) >= 11 is 0. The van der Waals surface area contributed by atoms with Crippen molar-refractivity contribution in [2.24, 2.45) is 5.92 Å². The topological polar surface area (TPSA) is 35.5 Å². The minimum Gasteiger partial charge on any atom is -0.461 e. The van der Waals surface area contributed by atoms with E-state index >= 15 is 0 Å². The van der Waals surface area contributed by atoms with Crippen LogP contribution in [-0.4, -0.2) is 25.3 Å². The maximum Gasteiger partial charge on any atom is 0.302 e. The molecule has 1 aliphatic rings. The second-order valence-electron chi connectivity index (χ2n) is 5.16. The van der Waals surface area contributed by atoms with Crippen molar-refractivity contribution in [1.82, 2.24) is 0 Å². The Morgan fingerprint density at radius 1 is 1.33 bits per heavy atom. The van der Waals surface area contributed by atoms with Crippen LogP contribution in [0.15, 0.2) is 48.6 Å². The molecule has 1 aliphatic carbocycles. The minimum absolute atomic E-state index is 0.0255. The third-order valence-corrected chi connectivity index (χ3v) is 3.76. The van der Waals surface area contributed by atoms with E-state index in [4.69, 9.17) is 9.47 Å². The van der Waals surface area contributed by atoms with E-state index in [1.54, 1.807) is 7.11 Å². The van der Waals surface area contributed by atoms with Crippen LogP contribution >= 0.6 is 0 Å². The normalized spacial score (nSPS) is 23.1. The summed E-state index contributed by atoms with van der Waals surface area (Å²) in [5, 5.41) is 0. The van der Waals surface area contributed by atoms with E-state index in [1.165, 1.54) is 12.5 Å². The standard InChI is InChI=1S/C18H22O3/c1-4-8-16(20-3)18-15(14-9-6-5-7-10-14)11-12-17(18)21-13(2)19/h4-11,16-18H,12H2,1-3H3/b8-4+/t16-,17+,18-/m1/s1. The Morgan fingerprint density at radius 3 is 2.62 bits per heavy atom. The van der Waals surface area contributed by atoms with Gasteiger partial charge in [-0.25, -0.2) is 0 Å². The van der Waals surface area contributed by atoms with Crippen LogP contribution in [0.1, 0.15) is 25.8 Å². The molecule has 0 bridgehead atoms. The van der Waals surface area contributed by atoms with Gasteiger partial charge in [-0.05, 0) is 18.1 Å². The Kier molecular flexibility index (Phi) is 5.34. The molecule has 1 aromatic rings. The van der Waals surface area contributed by atoms with Crippen molar-refractivity contribution < 1.29 is 14.3 Å². The van der Waals surface area contributed by atoms with Crippen LogP contribution in [0.5, 0.6) is 0 Å². The highest BCUT2D eigenvalue weighted by molar-refractivity contribution is 5.72. The largest absolute Gasteiger partial charge is 0.461 e. The van der Waals surface area contributed by atoms with Gasteiger partial charge in [-0.2, -0.15) is 0 Å². The zero-order chi connectivity index (χ0) is 15.2. The third kappa shape index (κ3) is 3.61. The number of hydrogen-bond acceptors (Lipinski definition) is 3. The van der Waals surface area contributed by atoms with Crippen molar-refractivity contribution in [3.8, 4) is 0 Å². The molecule has 0 heterocycles. The molecule has 0 fully saturated rings. The van der Waals surface area contributed by atoms with Gasteiger partial charge in [0.2, 0.25) is 0 Å². The van der Waals surface area contributed by atoms with Gasteiger partial charge in [0.05, 0.1) is 12.0 Å². The fraction of sp³-hybridized carbons (Fsp3) is 0.389. The molecule has 0 saturated carbocycles. The van der Waals surface area contributed by atoms with Crippen LogP contribution in [0, 0.1) is 5.92 Å². The lowest BCUT2D eigenvalue weighted by atomic mass is 9.88. The molecule has 3 nitrogen and oxygen atoms in total. The van der Waals surface area contributed by atoms with E-state index < -0.39 is 0 Å². The van der Waals surface area contributed by atoms with Gasteiger partial charge in [0.25, 0.3) is 0 Å². The molecule has 3 atom stereocenters. The Hall–Kier alpha value is -1.87. The molecular formula is C18H22O3. The average molecular weight is 286 g/mol. The van der Waals surface area contributed by atoms with Gasteiger partial charge >= 0.3 is 5.97 Å². The van der Waals surface area contributed by atoms with Crippen molar-refractivity contribution in [2.45, 2.75) is 32.5 Å². The molecule has 0 spiro atoms. The van der Waals surface area contributed by atoms with Gasteiger partial charge in [0.1, 0.15) is 6.10 Å². The first-order valence-electron chi connectivity index (χ1n) is 7.25. The zero-order valence-electron chi connectivity index (χ0n) is 12.8. The summed E-state index contributed by atoms with van der Waals surface area (Å²) < 4.78 is 11.1. The number of methoxy groups -OCH3 is 1. The SMILES string of the molecule is C/C=C/[C@@H](OC)[C@H]1C(c2ccccc2)=CC[C@@H]1OC(C)=O. The quantitative estimate of drug-likeness (QED) is 0.612. The fourth-order valence-corrected chi connectivity index (χ4v) is 2.92. The number of hydrogen-bond donors (Lipinski definition) is 0. The Balaban J connectivity index is 2.33. The second kappa shape index (κ2) is 7.23. The summed E-state index contributed by atoms with van der Waals surface area (Å²) in [5.74, 6) is -0.222. The molecule has 1 aromatic carbocycles. The van der Waals surface area contributed by atoms with Crippen LogP contribution < -0.4 is 0 Å². The lowest BCUT2D eigenvalue weighted by Gasteiger charge is -2.28. The van der Waals surface area contributed by atoms with Crippen molar-refractivity contribution in [2.75, 3.05) is 7.11 Å². The summed E-state index contributed by atoms with van der Waals surface area (Å²) in [6, 6.07) is 10.2. The number of carbonyl (C=O) groups is 1. The Morgan fingerprint density at radius 2 is 2.05 bits per heavy atom. The fourth-order valence-electron chi connectivity index (χ4n) is 2.92. The number of esters is 1. The maximum atomic E-state index is 11.4. The molecule has 0 aromatic heterocycles. The van der Waals surface area contributed by atoms with Crippen LogP contribution in [-0.2, 0) is 14.3 Å². The van der Waals surface area contributed by atoms with E-state index in [9.17, 15) is 4.79 Å². The van der Waals surface area contributed by atoms with Gasteiger partial charge in [0.15, 0.2) is 0 Å². The molecule has 0 saturated heterocycles. The van der Waals surface area contributed by atoms with Gasteiger partial charge in [0, 0.05) is 20.5 Å². The predicted octanol–water partition coefficient (Wildman–Crippen LogP) is 3.61. The van der Waals surface area contributed by atoms with Crippen LogP contribution in [0.25, 0.3) is 5.57 Å². The van der Waals surface area contributed by atoms with Crippen molar-refractivity contribution in [3.05, 3.63) is 54.1 Å². The van der Waals surface area contributed by atoms with Gasteiger partial charge in [-0.15, -0.1) is 0 Å². The van der Waals surface area contributed by atoms with E-state index in [-0.39, 0.29) is 24.1 Å². The van der Waals surface area contributed by atoms with Gasteiger partial charge in [-0.3, -0.25) is 4.79 Å². The molecule has 0 N–H and O–H groups in total. The summed E-state index contributed by atoms with van der Waals surface area (Å²) in [4.78, 5) is 11.4. The van der Waals surface area contributed by atoms with E-state index in [0.29, 0.717) is 0 Å². The highest BCUT2D eigenvalue weighted by Gasteiger charge is 2.37. The summed E-state index contributed by atoms with van der Waals surface area (Å²) in [5.41, 5.74) is 2.34. The molecule has 0 aliphatic heterocycles. The van der Waals surface area contributed by atoms with Crippen LogP contribution in [0.2, 0.25) is 0 Å². The summed E-state index contributed by atoms with van der Waals surface area (Å²) in [6.07, 6.45) is 6.60. The Labute approximate surface area is 126 Å². The number of rotatable bonds is 5. The third-order valence-electron chi connectivity index (χ3n) is 3.76. The first-order valence-corrected chi connectivity index (χ1v) is 7.25. The molecule has 3 heteroatoms. The zero-order valence-corrected chi connectivity index (χ0v) is 12.8. The van der Waals surface area contributed by atoms with Crippen molar-refractivity contribution >= 4 is 11.5 Å². The molecule has 0 unspecified atom stereocenters. The van der Waals surface area contributed by atoms with Crippen LogP contribution in [0.4, 0.5) is 0 Å². The monoisotopic (exact) mass is 286 g/mol. The second-order valence-corrected chi connectivity index (χ2v) is 5.16. The molecule has 0 radical (unpaired) electrons. The average Bonchev–Trinajstić information content (AvgIpc) is 2.88. The number of allylic oxidation sites excluding steroid dienone is 1. The van der Waals surface area contributed by atoms with Gasteiger partial charge < -0.3 is 9.47 Å². The first-order chi connectivity index (χ1) is 10.2. The Bertz CT molecular complexity index is 531. The lowest BCUT2D eigenvalue weighted by Crippen LogP contribution is -2.32. The first kappa shape index (κ1) is 15.5. The number of carbonyl (C=O) groups excluding carboxylic acids is 1. The molecule has 112 valence electrons. The van der Waals surface area contributed by atoms with E-state index in [0.717, 1.165) is 12.0 Å². The maximum absolute atomic E-state index is 11.4. The minimum atomic E-state index is -0.247.